The summed E-state index contributed by atoms with van der Waals surface area (Å²) in [5.74, 6) is 1.75. The minimum absolute atomic E-state index is 0. The Morgan fingerprint density at radius 1 is 1.25 bits per heavy atom. The third kappa shape index (κ3) is 9.56. The lowest BCUT2D eigenvalue weighted by Gasteiger charge is -2.30. The van der Waals surface area contributed by atoms with Crippen molar-refractivity contribution in [2.75, 3.05) is 45.9 Å². The predicted octanol–water partition coefficient (Wildman–Crippen LogP) is 3.45. The standard InChI is InChI=1S/C22H38N4O.HI/c1-3-23-22(25-16-21(18-27)20-11-5-4-6-12-20)24-13-7-8-14-26-15-9-10-19(2)17-26;/h4-6,11-12,19,21,27H,3,7-10,13-18H2,1-2H3,(H2,23,24,25);1H. The van der Waals surface area contributed by atoms with E-state index in [0.29, 0.717) is 6.54 Å². The van der Waals surface area contributed by atoms with Crippen LogP contribution in [0.1, 0.15) is 51.0 Å². The first-order valence-electron chi connectivity index (χ1n) is 10.6. The van der Waals surface area contributed by atoms with E-state index in [2.05, 4.69) is 46.5 Å². The Kier molecular flexibility index (Phi) is 13.5. The fourth-order valence-corrected chi connectivity index (χ4v) is 3.69. The molecular formula is C22H39IN4O. The van der Waals surface area contributed by atoms with Gasteiger partial charge < -0.3 is 20.6 Å². The van der Waals surface area contributed by atoms with Crippen LogP contribution in [0.4, 0.5) is 0 Å². The molecule has 0 radical (unpaired) electrons. The number of benzene rings is 1. The van der Waals surface area contributed by atoms with Gasteiger partial charge in [-0.05, 0) is 57.2 Å². The molecule has 3 N–H and O–H groups in total. The highest BCUT2D eigenvalue weighted by Crippen LogP contribution is 2.16. The average molecular weight is 502 g/mol. The number of rotatable bonds is 10. The molecule has 2 atom stereocenters. The Morgan fingerprint density at radius 2 is 2.04 bits per heavy atom. The molecule has 0 spiro atoms. The molecule has 28 heavy (non-hydrogen) atoms. The second-order valence-corrected chi connectivity index (χ2v) is 7.69. The van der Waals surface area contributed by atoms with Gasteiger partial charge in [0, 0.05) is 25.6 Å². The van der Waals surface area contributed by atoms with Crippen LogP contribution in [-0.4, -0.2) is 61.8 Å². The van der Waals surface area contributed by atoms with Gasteiger partial charge in [0.05, 0.1) is 13.2 Å². The summed E-state index contributed by atoms with van der Waals surface area (Å²) >= 11 is 0. The first-order valence-corrected chi connectivity index (χ1v) is 10.6. The molecule has 1 fully saturated rings. The molecule has 1 aromatic carbocycles. The maximum absolute atomic E-state index is 9.70. The topological polar surface area (TPSA) is 59.9 Å². The Bertz CT molecular complexity index is 541. The van der Waals surface area contributed by atoms with Crippen molar-refractivity contribution in [2.45, 2.75) is 45.4 Å². The van der Waals surface area contributed by atoms with Crippen LogP contribution in [-0.2, 0) is 0 Å². The van der Waals surface area contributed by atoms with Gasteiger partial charge in [0.1, 0.15) is 0 Å². The number of unbranched alkanes of at least 4 members (excludes halogenated alkanes) is 1. The lowest BCUT2D eigenvalue weighted by molar-refractivity contribution is 0.181. The molecule has 1 saturated heterocycles. The van der Waals surface area contributed by atoms with Crippen LogP contribution in [0.15, 0.2) is 35.3 Å². The Balaban J connectivity index is 0.00000392. The number of hydrogen-bond acceptors (Lipinski definition) is 3. The van der Waals surface area contributed by atoms with E-state index in [0.717, 1.165) is 37.0 Å². The zero-order valence-corrected chi connectivity index (χ0v) is 19.9. The SMILES string of the molecule is CCNC(=NCC(CO)c1ccccc1)NCCCCN1CCCC(C)C1.I. The molecule has 2 unspecified atom stereocenters. The zero-order valence-electron chi connectivity index (χ0n) is 17.6. The monoisotopic (exact) mass is 502 g/mol. The smallest absolute Gasteiger partial charge is 0.191 e. The van der Waals surface area contributed by atoms with Gasteiger partial charge in [-0.3, -0.25) is 4.99 Å². The summed E-state index contributed by atoms with van der Waals surface area (Å²) < 4.78 is 0. The minimum atomic E-state index is 0. The molecule has 6 heteroatoms. The number of aliphatic hydroxyl groups excluding tert-OH is 1. The summed E-state index contributed by atoms with van der Waals surface area (Å²) in [5.41, 5.74) is 1.13. The molecule has 160 valence electrons. The van der Waals surface area contributed by atoms with Crippen molar-refractivity contribution >= 4 is 29.9 Å². The largest absolute Gasteiger partial charge is 0.396 e. The van der Waals surface area contributed by atoms with Crippen LogP contribution in [0, 0.1) is 5.92 Å². The molecule has 0 aliphatic carbocycles. The molecule has 1 aliphatic heterocycles. The van der Waals surface area contributed by atoms with Gasteiger partial charge in [0.25, 0.3) is 0 Å². The lowest BCUT2D eigenvalue weighted by atomic mass is 10.0. The van der Waals surface area contributed by atoms with Crippen molar-refractivity contribution < 1.29 is 5.11 Å². The number of nitrogens with zero attached hydrogens (tertiary/aromatic N) is 2. The Labute approximate surface area is 188 Å². The van der Waals surface area contributed by atoms with Crippen molar-refractivity contribution in [3.8, 4) is 0 Å². The molecule has 5 nitrogen and oxygen atoms in total. The Morgan fingerprint density at radius 3 is 2.71 bits per heavy atom. The minimum Gasteiger partial charge on any atom is -0.396 e. The van der Waals surface area contributed by atoms with Crippen LogP contribution in [0.3, 0.4) is 0 Å². The third-order valence-corrected chi connectivity index (χ3v) is 5.24. The van der Waals surface area contributed by atoms with Crippen LogP contribution >= 0.6 is 24.0 Å². The van der Waals surface area contributed by atoms with E-state index in [1.165, 1.54) is 38.9 Å². The highest BCUT2D eigenvalue weighted by atomic mass is 127. The van der Waals surface area contributed by atoms with E-state index in [4.69, 9.17) is 0 Å². The number of guanidine groups is 1. The van der Waals surface area contributed by atoms with E-state index in [9.17, 15) is 5.11 Å². The van der Waals surface area contributed by atoms with Crippen molar-refractivity contribution in [1.82, 2.24) is 15.5 Å². The van der Waals surface area contributed by atoms with Crippen LogP contribution in [0.25, 0.3) is 0 Å². The highest BCUT2D eigenvalue weighted by Gasteiger charge is 2.15. The molecule has 1 aromatic rings. The number of piperidine rings is 1. The molecule has 1 heterocycles. The quantitative estimate of drug-likeness (QED) is 0.199. The first-order chi connectivity index (χ1) is 13.2. The van der Waals surface area contributed by atoms with E-state index >= 15 is 0 Å². The lowest BCUT2D eigenvalue weighted by Crippen LogP contribution is -2.39. The highest BCUT2D eigenvalue weighted by molar-refractivity contribution is 14.0. The summed E-state index contributed by atoms with van der Waals surface area (Å²) in [6.07, 6.45) is 5.11. The molecule has 0 saturated carbocycles. The number of aliphatic imine (C=N–C) groups is 1. The van der Waals surface area contributed by atoms with Gasteiger partial charge in [-0.25, -0.2) is 0 Å². The van der Waals surface area contributed by atoms with Crippen LogP contribution in [0.2, 0.25) is 0 Å². The Hall–Kier alpha value is -0.860. The fourth-order valence-electron chi connectivity index (χ4n) is 3.69. The van der Waals surface area contributed by atoms with Crippen LogP contribution < -0.4 is 10.6 Å². The summed E-state index contributed by atoms with van der Waals surface area (Å²) in [5, 5.41) is 16.4. The fraction of sp³-hybridized carbons (Fsp3) is 0.682. The number of likely N-dealkylation sites (tertiary alicyclic amines) is 1. The third-order valence-electron chi connectivity index (χ3n) is 5.24. The normalized spacial score (nSPS) is 19.0. The second kappa shape index (κ2) is 15.0. The first kappa shape index (κ1) is 25.2. The maximum Gasteiger partial charge on any atom is 0.191 e. The molecule has 1 aliphatic rings. The van der Waals surface area contributed by atoms with E-state index in [1.54, 1.807) is 0 Å². The van der Waals surface area contributed by atoms with Gasteiger partial charge in [0.15, 0.2) is 5.96 Å². The number of aliphatic hydroxyl groups is 1. The van der Waals surface area contributed by atoms with E-state index < -0.39 is 0 Å². The second-order valence-electron chi connectivity index (χ2n) is 7.69. The van der Waals surface area contributed by atoms with Gasteiger partial charge >= 0.3 is 0 Å². The van der Waals surface area contributed by atoms with Crippen molar-refractivity contribution in [2.24, 2.45) is 10.9 Å². The van der Waals surface area contributed by atoms with Crippen molar-refractivity contribution in [1.29, 1.82) is 0 Å². The maximum atomic E-state index is 9.70. The molecular weight excluding hydrogens is 463 g/mol. The van der Waals surface area contributed by atoms with E-state index in [1.807, 2.05) is 18.2 Å². The molecule has 2 rings (SSSR count). The summed E-state index contributed by atoms with van der Waals surface area (Å²) in [6, 6.07) is 10.1. The summed E-state index contributed by atoms with van der Waals surface area (Å²) in [4.78, 5) is 7.29. The molecule has 0 aromatic heterocycles. The number of hydrogen-bond donors (Lipinski definition) is 3. The number of halogens is 1. The zero-order chi connectivity index (χ0) is 19.3. The van der Waals surface area contributed by atoms with Gasteiger partial charge in [-0.1, -0.05) is 37.3 Å². The van der Waals surface area contributed by atoms with Crippen LogP contribution in [0.5, 0.6) is 0 Å². The predicted molar refractivity (Wildman–Crippen MR) is 130 cm³/mol. The van der Waals surface area contributed by atoms with Gasteiger partial charge in [0.2, 0.25) is 0 Å². The molecule has 0 amide bonds. The van der Waals surface area contributed by atoms with Crippen molar-refractivity contribution in [3.63, 3.8) is 0 Å². The molecule has 0 bridgehead atoms. The summed E-state index contributed by atoms with van der Waals surface area (Å²) in [6.45, 7) is 10.7. The van der Waals surface area contributed by atoms with Gasteiger partial charge in [-0.15, -0.1) is 24.0 Å². The average Bonchev–Trinajstić information content (AvgIpc) is 2.69. The van der Waals surface area contributed by atoms with Crippen molar-refractivity contribution in [3.05, 3.63) is 35.9 Å². The van der Waals surface area contributed by atoms with E-state index in [-0.39, 0.29) is 36.5 Å². The van der Waals surface area contributed by atoms with Gasteiger partial charge in [-0.2, -0.15) is 0 Å². The summed E-state index contributed by atoms with van der Waals surface area (Å²) in [7, 11) is 0. The number of nitrogens with one attached hydrogen (secondary N) is 2.